The molecule has 9 heteroatoms. The van der Waals surface area contributed by atoms with Crippen molar-refractivity contribution in [2.45, 2.75) is 35.9 Å². The highest BCUT2D eigenvalue weighted by molar-refractivity contribution is 8.01. The van der Waals surface area contributed by atoms with E-state index in [9.17, 15) is 9.90 Å². The molecule has 0 spiro atoms. The van der Waals surface area contributed by atoms with Gasteiger partial charge in [-0.25, -0.2) is 9.78 Å². The molecule has 7 nitrogen and oxygen atoms in total. The number of amides is 1. The van der Waals surface area contributed by atoms with Crippen LogP contribution in [0.4, 0.5) is 10.5 Å². The number of benzene rings is 3. The number of anilines is 1. The molecule has 0 unspecified atom stereocenters. The van der Waals surface area contributed by atoms with Crippen LogP contribution in [0, 0.1) is 0 Å². The Kier molecular flexibility index (Phi) is 8.72. The van der Waals surface area contributed by atoms with E-state index in [4.69, 9.17) is 19.2 Å². The van der Waals surface area contributed by atoms with Crippen molar-refractivity contribution in [3.8, 4) is 0 Å². The molecule has 1 fully saturated rings. The average molecular weight is 549 g/mol. The van der Waals surface area contributed by atoms with Crippen LogP contribution in [-0.4, -0.2) is 34.6 Å². The molecule has 3 aromatic carbocycles. The molecule has 5 rings (SSSR count). The fourth-order valence-electron chi connectivity index (χ4n) is 4.11. The molecule has 0 aliphatic carbocycles. The smallest absolute Gasteiger partial charge is 0.411 e. The number of thiazole rings is 1. The van der Waals surface area contributed by atoms with Crippen molar-refractivity contribution in [1.82, 2.24) is 4.98 Å². The number of para-hydroxylation sites is 1. The van der Waals surface area contributed by atoms with Crippen molar-refractivity contribution >= 4 is 45.1 Å². The van der Waals surface area contributed by atoms with Gasteiger partial charge in [0, 0.05) is 23.4 Å². The fraction of sp³-hybridized carbons (Fsp3) is 0.241. The van der Waals surface area contributed by atoms with Crippen molar-refractivity contribution in [2.24, 2.45) is 0 Å². The Labute approximate surface area is 229 Å². The Morgan fingerprint density at radius 2 is 1.87 bits per heavy atom. The number of hydrogen-bond acceptors (Lipinski definition) is 8. The number of rotatable bonds is 9. The van der Waals surface area contributed by atoms with Crippen LogP contribution in [0.1, 0.15) is 35.5 Å². The zero-order valence-corrected chi connectivity index (χ0v) is 22.3. The van der Waals surface area contributed by atoms with Gasteiger partial charge >= 0.3 is 6.09 Å². The van der Waals surface area contributed by atoms with Gasteiger partial charge in [0.1, 0.15) is 6.61 Å². The lowest BCUT2D eigenvalue weighted by molar-refractivity contribution is -0.245. The molecule has 2 heterocycles. The van der Waals surface area contributed by atoms with Crippen LogP contribution in [0.25, 0.3) is 10.2 Å². The number of carbonyl (C=O) groups excluding carboxylic acids is 1. The lowest BCUT2D eigenvalue weighted by atomic mass is 10.0. The molecule has 1 aliphatic rings. The third-order valence-corrected chi connectivity index (χ3v) is 8.35. The van der Waals surface area contributed by atoms with Crippen LogP contribution in [0.5, 0.6) is 0 Å². The van der Waals surface area contributed by atoms with Gasteiger partial charge in [0.15, 0.2) is 10.6 Å². The first-order chi connectivity index (χ1) is 18.6. The molecule has 0 saturated carbocycles. The third-order valence-electron chi connectivity index (χ3n) is 6.04. The number of nitrogens with zero attached hydrogens (tertiary/aromatic N) is 1. The minimum Gasteiger partial charge on any atom is -0.445 e. The van der Waals surface area contributed by atoms with Gasteiger partial charge in [0.25, 0.3) is 0 Å². The van der Waals surface area contributed by atoms with Gasteiger partial charge in [-0.3, -0.25) is 5.32 Å². The van der Waals surface area contributed by atoms with Gasteiger partial charge in [0.05, 0.1) is 29.0 Å². The summed E-state index contributed by atoms with van der Waals surface area (Å²) in [5, 5.41) is 12.1. The number of aromatic nitrogens is 1. The van der Waals surface area contributed by atoms with Crippen LogP contribution in [-0.2, 0) is 20.8 Å². The number of aliphatic hydroxyl groups excluding tert-OH is 1. The quantitative estimate of drug-likeness (QED) is 0.174. The van der Waals surface area contributed by atoms with Gasteiger partial charge in [-0.15, -0.1) is 11.3 Å². The minimum atomic E-state index is -0.575. The Morgan fingerprint density at radius 1 is 1.11 bits per heavy atom. The summed E-state index contributed by atoms with van der Waals surface area (Å²) in [5.41, 5.74) is 4.36. The highest BCUT2D eigenvalue weighted by Gasteiger charge is 2.32. The summed E-state index contributed by atoms with van der Waals surface area (Å²) in [7, 11) is 0. The van der Waals surface area contributed by atoms with Gasteiger partial charge in [-0.1, -0.05) is 72.9 Å². The fourth-order valence-corrected chi connectivity index (χ4v) is 6.22. The van der Waals surface area contributed by atoms with Crippen molar-refractivity contribution in [3.63, 3.8) is 0 Å². The maximum absolute atomic E-state index is 11.8. The molecule has 0 bridgehead atoms. The van der Waals surface area contributed by atoms with E-state index in [2.05, 4.69) is 18.0 Å². The summed E-state index contributed by atoms with van der Waals surface area (Å²) in [5.74, 6) is 0.736. The molecule has 38 heavy (non-hydrogen) atoms. The number of ether oxygens (including phenoxy) is 3. The van der Waals surface area contributed by atoms with E-state index < -0.39 is 12.4 Å². The Hall–Kier alpha value is -3.21. The van der Waals surface area contributed by atoms with Crippen molar-refractivity contribution in [1.29, 1.82) is 0 Å². The second-order valence-corrected chi connectivity index (χ2v) is 11.0. The van der Waals surface area contributed by atoms with E-state index in [1.165, 1.54) is 10.8 Å². The number of aliphatic hydroxyl groups is 1. The van der Waals surface area contributed by atoms with Crippen molar-refractivity contribution < 1.29 is 24.1 Å². The highest BCUT2D eigenvalue weighted by atomic mass is 32.2. The Bertz CT molecular complexity index is 1340. The maximum Gasteiger partial charge on any atom is 0.411 e. The first-order valence-electron chi connectivity index (χ1n) is 12.2. The second kappa shape index (κ2) is 12.6. The molecule has 1 saturated heterocycles. The molecule has 4 aromatic rings. The normalized spacial score (nSPS) is 19.2. The molecular weight excluding hydrogens is 520 g/mol. The number of hydrogen-bond donors (Lipinski definition) is 2. The van der Waals surface area contributed by atoms with Gasteiger partial charge in [-0.2, -0.15) is 0 Å². The van der Waals surface area contributed by atoms with E-state index in [0.717, 1.165) is 32.3 Å². The minimum absolute atomic E-state index is 0.000485. The van der Waals surface area contributed by atoms with E-state index in [-0.39, 0.29) is 25.4 Å². The van der Waals surface area contributed by atoms with Crippen LogP contribution in [0.15, 0.2) is 89.8 Å². The van der Waals surface area contributed by atoms with E-state index in [1.807, 2.05) is 54.6 Å². The van der Waals surface area contributed by atoms with Crippen LogP contribution in [0.3, 0.4) is 0 Å². The number of carbonyl (C=O) groups is 1. The van der Waals surface area contributed by atoms with Gasteiger partial charge < -0.3 is 19.3 Å². The van der Waals surface area contributed by atoms with Gasteiger partial charge in [0.2, 0.25) is 0 Å². The zero-order valence-electron chi connectivity index (χ0n) is 20.6. The largest absolute Gasteiger partial charge is 0.445 e. The molecule has 0 radical (unpaired) electrons. The van der Waals surface area contributed by atoms with Crippen LogP contribution >= 0.6 is 23.1 Å². The third kappa shape index (κ3) is 6.61. The Morgan fingerprint density at radius 3 is 2.61 bits per heavy atom. The summed E-state index contributed by atoms with van der Waals surface area (Å²) in [6.07, 6.45) is 0.853. The summed E-state index contributed by atoms with van der Waals surface area (Å²) < 4.78 is 20.0. The SMILES string of the molecule is C=CCOC(=O)Nc1ccc([C@@H]2O[C@H](CSc3nc4ccccc4s3)C[C@H](c3ccc(CO)cc3)O2)cc1. The summed E-state index contributed by atoms with van der Waals surface area (Å²) in [6, 6.07) is 23.3. The number of fused-ring (bicyclic) bond motifs is 1. The summed E-state index contributed by atoms with van der Waals surface area (Å²) >= 11 is 3.38. The van der Waals surface area contributed by atoms with Crippen molar-refractivity contribution in [3.05, 3.63) is 102 Å². The monoisotopic (exact) mass is 548 g/mol. The van der Waals surface area contributed by atoms with E-state index >= 15 is 0 Å². The lowest BCUT2D eigenvalue weighted by Gasteiger charge is -2.36. The lowest BCUT2D eigenvalue weighted by Crippen LogP contribution is -2.31. The highest BCUT2D eigenvalue weighted by Crippen LogP contribution is 2.40. The van der Waals surface area contributed by atoms with E-state index in [1.54, 1.807) is 35.2 Å². The molecule has 196 valence electrons. The predicted octanol–water partition coefficient (Wildman–Crippen LogP) is 6.86. The number of thioether (sulfide) groups is 1. The topological polar surface area (TPSA) is 89.9 Å². The van der Waals surface area contributed by atoms with Crippen LogP contribution < -0.4 is 5.32 Å². The van der Waals surface area contributed by atoms with Crippen LogP contribution in [0.2, 0.25) is 0 Å². The first kappa shape index (κ1) is 26.4. The molecule has 1 amide bonds. The average Bonchev–Trinajstić information content (AvgIpc) is 3.38. The molecule has 2 N–H and O–H groups in total. The molecule has 1 aliphatic heterocycles. The predicted molar refractivity (Wildman–Crippen MR) is 150 cm³/mol. The van der Waals surface area contributed by atoms with Crippen molar-refractivity contribution in [2.75, 3.05) is 17.7 Å². The van der Waals surface area contributed by atoms with Gasteiger partial charge in [-0.05, 0) is 35.4 Å². The van der Waals surface area contributed by atoms with E-state index in [0.29, 0.717) is 12.1 Å². The standard InChI is InChI=1S/C29H28N2O5S2/c1-2-15-34-28(33)30-22-13-11-21(12-14-22)27-35-23(16-25(36-27)20-9-7-19(17-32)8-10-20)18-37-29-31-24-5-3-4-6-26(24)38-29/h2-14,23,25,27,32H,1,15-18H2,(H,30,33)/t23-,25+,27+/m0/s1. The summed E-state index contributed by atoms with van der Waals surface area (Å²) in [6.45, 7) is 3.68. The second-order valence-electron chi connectivity index (χ2n) is 8.74. The summed E-state index contributed by atoms with van der Waals surface area (Å²) in [4.78, 5) is 16.6. The Balaban J connectivity index is 1.31. The maximum atomic E-state index is 11.8. The molecule has 1 aromatic heterocycles. The first-order valence-corrected chi connectivity index (χ1v) is 14.0. The molecular formula is C29H28N2O5S2. The zero-order chi connectivity index (χ0) is 26.3. The molecule has 3 atom stereocenters. The number of nitrogens with one attached hydrogen (secondary N) is 1.